The highest BCUT2D eigenvalue weighted by molar-refractivity contribution is 5.77. The van der Waals surface area contributed by atoms with Crippen LogP contribution in [-0.2, 0) is 4.79 Å². The maximum absolute atomic E-state index is 10.8. The Kier molecular flexibility index (Phi) is 2.95. The predicted molar refractivity (Wildman–Crippen MR) is 50.7 cm³/mol. The normalized spacial score (nSPS) is 12.8. The molecule has 13 heavy (non-hydrogen) atoms. The van der Waals surface area contributed by atoms with E-state index >= 15 is 0 Å². The molecule has 4 nitrogen and oxygen atoms in total. The SMILES string of the molecule is CC(C)C(Nc1ccc[nH]1)C(=O)O. The van der Waals surface area contributed by atoms with E-state index in [-0.39, 0.29) is 5.92 Å². The molecule has 0 saturated carbocycles. The first-order valence-corrected chi connectivity index (χ1v) is 4.24. The number of aliphatic carboxylic acids is 1. The second kappa shape index (κ2) is 3.98. The van der Waals surface area contributed by atoms with Crippen LogP contribution < -0.4 is 5.32 Å². The summed E-state index contributed by atoms with van der Waals surface area (Å²) in [6, 6.07) is 3.08. The Bertz CT molecular complexity index is 267. The molecule has 1 unspecified atom stereocenters. The molecule has 0 fully saturated rings. The molecule has 1 aromatic heterocycles. The Morgan fingerprint density at radius 1 is 1.62 bits per heavy atom. The molecule has 72 valence electrons. The van der Waals surface area contributed by atoms with Gasteiger partial charge in [-0.2, -0.15) is 0 Å². The fourth-order valence-electron chi connectivity index (χ4n) is 1.10. The molecular weight excluding hydrogens is 168 g/mol. The van der Waals surface area contributed by atoms with Crippen LogP contribution in [0.25, 0.3) is 0 Å². The van der Waals surface area contributed by atoms with E-state index in [9.17, 15) is 4.79 Å². The van der Waals surface area contributed by atoms with Crippen LogP contribution in [0.15, 0.2) is 18.3 Å². The minimum absolute atomic E-state index is 0.0563. The van der Waals surface area contributed by atoms with Crippen LogP contribution in [0.1, 0.15) is 13.8 Å². The number of H-pyrrole nitrogens is 1. The summed E-state index contributed by atoms with van der Waals surface area (Å²) < 4.78 is 0. The quantitative estimate of drug-likeness (QED) is 0.661. The smallest absolute Gasteiger partial charge is 0.326 e. The van der Waals surface area contributed by atoms with Crippen LogP contribution >= 0.6 is 0 Å². The number of hydrogen-bond donors (Lipinski definition) is 3. The number of aromatic amines is 1. The Labute approximate surface area is 77.0 Å². The fraction of sp³-hybridized carbons (Fsp3) is 0.444. The first kappa shape index (κ1) is 9.64. The molecule has 0 aliphatic heterocycles. The summed E-state index contributed by atoms with van der Waals surface area (Å²) in [5.41, 5.74) is 0. The van der Waals surface area contributed by atoms with Crippen molar-refractivity contribution in [2.24, 2.45) is 5.92 Å². The first-order chi connectivity index (χ1) is 6.11. The minimum atomic E-state index is -0.829. The molecule has 1 rings (SSSR count). The van der Waals surface area contributed by atoms with Gasteiger partial charge in [-0.1, -0.05) is 13.8 Å². The minimum Gasteiger partial charge on any atom is -0.480 e. The highest BCUT2D eigenvalue weighted by Gasteiger charge is 2.20. The Balaban J connectivity index is 2.63. The van der Waals surface area contributed by atoms with Crippen molar-refractivity contribution in [2.75, 3.05) is 5.32 Å². The lowest BCUT2D eigenvalue weighted by molar-refractivity contribution is -0.138. The number of anilines is 1. The molecule has 0 amide bonds. The summed E-state index contributed by atoms with van der Waals surface area (Å²) in [5.74, 6) is -0.0356. The number of nitrogens with one attached hydrogen (secondary N) is 2. The Morgan fingerprint density at radius 2 is 2.31 bits per heavy atom. The van der Waals surface area contributed by atoms with Gasteiger partial charge in [-0.25, -0.2) is 4.79 Å². The van der Waals surface area contributed by atoms with Crippen molar-refractivity contribution >= 4 is 11.8 Å². The molecule has 1 atom stereocenters. The van der Waals surface area contributed by atoms with Crippen molar-refractivity contribution in [2.45, 2.75) is 19.9 Å². The average Bonchev–Trinajstić information content (AvgIpc) is 2.50. The zero-order chi connectivity index (χ0) is 9.84. The molecule has 0 radical (unpaired) electrons. The zero-order valence-electron chi connectivity index (χ0n) is 7.74. The maximum Gasteiger partial charge on any atom is 0.326 e. The van der Waals surface area contributed by atoms with Gasteiger partial charge in [-0.15, -0.1) is 0 Å². The first-order valence-electron chi connectivity index (χ1n) is 4.24. The predicted octanol–water partition coefficient (Wildman–Crippen LogP) is 1.54. The van der Waals surface area contributed by atoms with Gasteiger partial charge in [-0.3, -0.25) is 0 Å². The third-order valence-electron chi connectivity index (χ3n) is 1.84. The van der Waals surface area contributed by atoms with E-state index < -0.39 is 12.0 Å². The van der Waals surface area contributed by atoms with Gasteiger partial charge in [0.05, 0.1) is 0 Å². The summed E-state index contributed by atoms with van der Waals surface area (Å²) in [5, 5.41) is 11.8. The van der Waals surface area contributed by atoms with Crippen LogP contribution in [0.3, 0.4) is 0 Å². The van der Waals surface area contributed by atoms with Gasteiger partial charge in [-0.05, 0) is 18.1 Å². The molecular formula is C9H14N2O2. The van der Waals surface area contributed by atoms with E-state index in [2.05, 4.69) is 10.3 Å². The standard InChI is InChI=1S/C9H14N2O2/c1-6(2)8(9(12)13)11-7-4-3-5-10-7/h3-6,8,10-11H,1-2H3,(H,12,13). The van der Waals surface area contributed by atoms with Gasteiger partial charge in [0, 0.05) is 6.20 Å². The van der Waals surface area contributed by atoms with Gasteiger partial charge >= 0.3 is 5.97 Å². The van der Waals surface area contributed by atoms with Crippen molar-refractivity contribution in [3.8, 4) is 0 Å². The molecule has 3 N–H and O–H groups in total. The van der Waals surface area contributed by atoms with E-state index in [1.165, 1.54) is 0 Å². The van der Waals surface area contributed by atoms with Crippen LogP contribution in [0, 0.1) is 5.92 Å². The highest BCUT2D eigenvalue weighted by atomic mass is 16.4. The van der Waals surface area contributed by atoms with E-state index in [1.807, 2.05) is 19.9 Å². The van der Waals surface area contributed by atoms with Crippen molar-refractivity contribution in [1.82, 2.24) is 4.98 Å². The monoisotopic (exact) mass is 182 g/mol. The van der Waals surface area contributed by atoms with Crippen molar-refractivity contribution in [3.05, 3.63) is 18.3 Å². The molecule has 0 spiro atoms. The molecule has 0 aliphatic carbocycles. The van der Waals surface area contributed by atoms with Crippen LogP contribution in [-0.4, -0.2) is 22.1 Å². The van der Waals surface area contributed by atoms with Crippen molar-refractivity contribution < 1.29 is 9.90 Å². The lowest BCUT2D eigenvalue weighted by Gasteiger charge is -2.17. The topological polar surface area (TPSA) is 65.1 Å². The number of rotatable bonds is 4. The van der Waals surface area contributed by atoms with Crippen molar-refractivity contribution in [3.63, 3.8) is 0 Å². The second-order valence-corrected chi connectivity index (χ2v) is 3.29. The molecule has 1 heterocycles. The van der Waals surface area contributed by atoms with Gasteiger partial charge < -0.3 is 15.4 Å². The lowest BCUT2D eigenvalue weighted by Crippen LogP contribution is -2.34. The van der Waals surface area contributed by atoms with Crippen molar-refractivity contribution in [1.29, 1.82) is 0 Å². The number of carboxylic acid groups (broad SMARTS) is 1. The summed E-state index contributed by atoms with van der Waals surface area (Å²) >= 11 is 0. The van der Waals surface area contributed by atoms with Gasteiger partial charge in [0.1, 0.15) is 11.9 Å². The average molecular weight is 182 g/mol. The Hall–Kier alpha value is -1.45. The van der Waals surface area contributed by atoms with Gasteiger partial charge in [0.25, 0.3) is 0 Å². The summed E-state index contributed by atoms with van der Waals surface area (Å²) in [6.45, 7) is 3.74. The van der Waals surface area contributed by atoms with Gasteiger partial charge in [0.15, 0.2) is 0 Å². The van der Waals surface area contributed by atoms with Crippen LogP contribution in [0.5, 0.6) is 0 Å². The van der Waals surface area contributed by atoms with Crippen LogP contribution in [0.2, 0.25) is 0 Å². The molecule has 0 aliphatic rings. The van der Waals surface area contributed by atoms with E-state index in [1.54, 1.807) is 12.3 Å². The number of carbonyl (C=O) groups is 1. The third-order valence-corrected chi connectivity index (χ3v) is 1.84. The van der Waals surface area contributed by atoms with E-state index in [0.29, 0.717) is 0 Å². The summed E-state index contributed by atoms with van der Waals surface area (Å²) in [6.07, 6.45) is 1.75. The number of hydrogen-bond acceptors (Lipinski definition) is 2. The molecule has 4 heteroatoms. The number of aromatic nitrogens is 1. The highest BCUT2D eigenvalue weighted by Crippen LogP contribution is 2.10. The largest absolute Gasteiger partial charge is 0.480 e. The second-order valence-electron chi connectivity index (χ2n) is 3.29. The third kappa shape index (κ3) is 2.50. The molecule has 1 aromatic rings. The molecule has 0 bridgehead atoms. The van der Waals surface area contributed by atoms with Crippen LogP contribution in [0.4, 0.5) is 5.82 Å². The fourth-order valence-corrected chi connectivity index (χ4v) is 1.10. The van der Waals surface area contributed by atoms with Gasteiger partial charge in [0.2, 0.25) is 0 Å². The maximum atomic E-state index is 10.8. The zero-order valence-corrected chi connectivity index (χ0v) is 7.74. The number of carboxylic acids is 1. The van der Waals surface area contributed by atoms with E-state index in [0.717, 1.165) is 5.82 Å². The molecule has 0 aromatic carbocycles. The lowest BCUT2D eigenvalue weighted by atomic mass is 10.1. The molecule has 0 saturated heterocycles. The van der Waals surface area contributed by atoms with E-state index in [4.69, 9.17) is 5.11 Å². The Morgan fingerprint density at radius 3 is 2.69 bits per heavy atom. The summed E-state index contributed by atoms with van der Waals surface area (Å²) in [4.78, 5) is 13.7. The summed E-state index contributed by atoms with van der Waals surface area (Å²) in [7, 11) is 0.